The molecular formula is C12H20ClN3O3S2. The van der Waals surface area contributed by atoms with Crippen LogP contribution >= 0.6 is 24.2 Å². The summed E-state index contributed by atoms with van der Waals surface area (Å²) in [6.45, 7) is 0.400. The van der Waals surface area contributed by atoms with E-state index in [1.165, 1.54) is 12.1 Å². The van der Waals surface area contributed by atoms with Crippen molar-refractivity contribution in [3.8, 4) is 0 Å². The Kier molecular flexibility index (Phi) is 9.63. The first kappa shape index (κ1) is 20.2. The van der Waals surface area contributed by atoms with Gasteiger partial charge in [0, 0.05) is 31.0 Å². The highest BCUT2D eigenvalue weighted by Crippen LogP contribution is 2.15. The van der Waals surface area contributed by atoms with Crippen LogP contribution in [0.3, 0.4) is 0 Å². The molecule has 0 bridgehead atoms. The average molecular weight is 354 g/mol. The Morgan fingerprint density at radius 3 is 2.71 bits per heavy atom. The van der Waals surface area contributed by atoms with Crippen molar-refractivity contribution >= 4 is 45.8 Å². The monoisotopic (exact) mass is 353 g/mol. The highest BCUT2D eigenvalue weighted by atomic mass is 35.5. The Balaban J connectivity index is 0.00000400. The minimum Gasteiger partial charge on any atom is -0.329 e. The molecular weight excluding hydrogens is 334 g/mol. The van der Waals surface area contributed by atoms with Gasteiger partial charge in [-0.25, -0.2) is 13.1 Å². The molecule has 0 radical (unpaired) electrons. The van der Waals surface area contributed by atoms with Crippen LogP contribution in [0.5, 0.6) is 0 Å². The molecule has 0 saturated carbocycles. The number of sulfonamides is 1. The molecule has 21 heavy (non-hydrogen) atoms. The van der Waals surface area contributed by atoms with Crippen molar-refractivity contribution in [2.45, 2.75) is 11.3 Å². The number of anilines is 1. The number of amides is 1. The van der Waals surface area contributed by atoms with E-state index < -0.39 is 10.0 Å². The number of hydrogen-bond donors (Lipinski definition) is 3. The van der Waals surface area contributed by atoms with E-state index in [0.717, 1.165) is 5.75 Å². The van der Waals surface area contributed by atoms with Crippen LogP contribution in [0.4, 0.5) is 5.69 Å². The first-order valence-electron chi connectivity index (χ1n) is 6.08. The molecule has 0 aliphatic rings. The zero-order valence-electron chi connectivity index (χ0n) is 11.7. The lowest BCUT2D eigenvalue weighted by Gasteiger charge is -2.08. The largest absolute Gasteiger partial charge is 0.329 e. The maximum absolute atomic E-state index is 11.9. The van der Waals surface area contributed by atoms with Crippen molar-refractivity contribution in [1.82, 2.24) is 4.72 Å². The number of carbonyl (C=O) groups excluding carboxylic acids is 1. The van der Waals surface area contributed by atoms with Crippen LogP contribution in [0.25, 0.3) is 0 Å². The fourth-order valence-electron chi connectivity index (χ4n) is 1.44. The molecule has 4 N–H and O–H groups in total. The Labute approximate surface area is 135 Å². The second kappa shape index (κ2) is 10.0. The van der Waals surface area contributed by atoms with Gasteiger partial charge in [-0.1, -0.05) is 6.07 Å². The second-order valence-electron chi connectivity index (χ2n) is 4.01. The summed E-state index contributed by atoms with van der Waals surface area (Å²) in [7, 11) is -3.58. The number of carbonyl (C=O) groups is 1. The number of halogens is 1. The van der Waals surface area contributed by atoms with Gasteiger partial charge in [-0.2, -0.15) is 11.8 Å². The molecule has 0 fully saturated rings. The number of hydrogen-bond acceptors (Lipinski definition) is 5. The molecule has 0 aliphatic carbocycles. The van der Waals surface area contributed by atoms with Crippen molar-refractivity contribution in [3.63, 3.8) is 0 Å². The van der Waals surface area contributed by atoms with Crippen molar-refractivity contribution in [2.75, 3.05) is 30.4 Å². The SMILES string of the molecule is CSCCC(=O)Nc1cccc(S(=O)(=O)NCCN)c1.Cl. The molecule has 0 spiro atoms. The Morgan fingerprint density at radius 2 is 2.10 bits per heavy atom. The van der Waals surface area contributed by atoms with Gasteiger partial charge in [0.15, 0.2) is 0 Å². The van der Waals surface area contributed by atoms with E-state index in [1.807, 2.05) is 6.26 Å². The van der Waals surface area contributed by atoms with Crippen molar-refractivity contribution < 1.29 is 13.2 Å². The van der Waals surface area contributed by atoms with E-state index in [2.05, 4.69) is 10.0 Å². The van der Waals surface area contributed by atoms with Gasteiger partial charge < -0.3 is 11.1 Å². The van der Waals surface area contributed by atoms with Crippen LogP contribution in [-0.2, 0) is 14.8 Å². The minimum atomic E-state index is -3.58. The summed E-state index contributed by atoms with van der Waals surface area (Å²) in [6.07, 6.45) is 2.31. The predicted octanol–water partition coefficient (Wildman–Crippen LogP) is 1.04. The molecule has 1 rings (SSSR count). The lowest BCUT2D eigenvalue weighted by molar-refractivity contribution is -0.115. The van der Waals surface area contributed by atoms with Gasteiger partial charge in [0.25, 0.3) is 0 Å². The zero-order valence-corrected chi connectivity index (χ0v) is 14.1. The lowest BCUT2D eigenvalue weighted by atomic mass is 10.3. The fraction of sp³-hybridized carbons (Fsp3) is 0.417. The lowest BCUT2D eigenvalue weighted by Crippen LogP contribution is -2.29. The summed E-state index contributed by atoms with van der Waals surface area (Å²) in [4.78, 5) is 11.7. The molecule has 0 atom stereocenters. The summed E-state index contributed by atoms with van der Waals surface area (Å²) in [5, 5.41) is 2.68. The number of nitrogens with two attached hydrogens (primary N) is 1. The molecule has 0 unspecified atom stereocenters. The third-order valence-corrected chi connectivity index (χ3v) is 4.47. The van der Waals surface area contributed by atoms with Gasteiger partial charge in [0.2, 0.25) is 15.9 Å². The van der Waals surface area contributed by atoms with Crippen LogP contribution in [0.2, 0.25) is 0 Å². The third kappa shape index (κ3) is 7.14. The van der Waals surface area contributed by atoms with Crippen molar-refractivity contribution in [1.29, 1.82) is 0 Å². The number of thioether (sulfide) groups is 1. The molecule has 1 aromatic rings. The second-order valence-corrected chi connectivity index (χ2v) is 6.76. The summed E-state index contributed by atoms with van der Waals surface area (Å²) < 4.78 is 26.2. The number of benzene rings is 1. The predicted molar refractivity (Wildman–Crippen MR) is 89.6 cm³/mol. The van der Waals surface area contributed by atoms with Gasteiger partial charge in [-0.05, 0) is 24.5 Å². The van der Waals surface area contributed by atoms with Gasteiger partial charge in [0.1, 0.15) is 0 Å². The maximum Gasteiger partial charge on any atom is 0.240 e. The molecule has 9 heteroatoms. The third-order valence-electron chi connectivity index (χ3n) is 2.40. The molecule has 120 valence electrons. The highest BCUT2D eigenvalue weighted by molar-refractivity contribution is 7.98. The van der Waals surface area contributed by atoms with Crippen LogP contribution in [0.15, 0.2) is 29.2 Å². The summed E-state index contributed by atoms with van der Waals surface area (Å²) in [5.41, 5.74) is 5.73. The minimum absolute atomic E-state index is 0. The number of nitrogens with one attached hydrogen (secondary N) is 2. The highest BCUT2D eigenvalue weighted by Gasteiger charge is 2.13. The Bertz CT molecular complexity index is 552. The molecule has 1 aromatic carbocycles. The van der Waals surface area contributed by atoms with Gasteiger partial charge >= 0.3 is 0 Å². The Morgan fingerprint density at radius 1 is 1.38 bits per heavy atom. The van der Waals surface area contributed by atoms with E-state index in [0.29, 0.717) is 12.1 Å². The van der Waals surface area contributed by atoms with Crippen LogP contribution in [-0.4, -0.2) is 39.4 Å². The summed E-state index contributed by atoms with van der Waals surface area (Å²) in [5.74, 6) is 0.589. The molecule has 0 heterocycles. The fourth-order valence-corrected chi connectivity index (χ4v) is 2.92. The van der Waals surface area contributed by atoms with Crippen molar-refractivity contribution in [2.24, 2.45) is 5.73 Å². The van der Waals surface area contributed by atoms with Crippen LogP contribution in [0, 0.1) is 0 Å². The first-order valence-corrected chi connectivity index (χ1v) is 8.96. The van der Waals surface area contributed by atoms with E-state index in [9.17, 15) is 13.2 Å². The molecule has 0 saturated heterocycles. The van der Waals surface area contributed by atoms with Crippen molar-refractivity contribution in [3.05, 3.63) is 24.3 Å². The smallest absolute Gasteiger partial charge is 0.240 e. The van der Waals surface area contributed by atoms with Gasteiger partial charge in [0.05, 0.1) is 4.90 Å². The zero-order chi connectivity index (χ0) is 15.0. The molecule has 0 aromatic heterocycles. The molecule has 6 nitrogen and oxygen atoms in total. The summed E-state index contributed by atoms with van der Waals surface area (Å²) in [6, 6.07) is 6.13. The molecule has 1 amide bonds. The van der Waals surface area contributed by atoms with Gasteiger partial charge in [-0.3, -0.25) is 4.79 Å². The standard InChI is InChI=1S/C12H19N3O3S2.ClH/c1-19-8-5-12(16)15-10-3-2-4-11(9-10)20(17,18)14-7-6-13;/h2-4,9,14H,5-8,13H2,1H3,(H,15,16);1H. The summed E-state index contributed by atoms with van der Waals surface area (Å²) >= 11 is 1.58. The first-order chi connectivity index (χ1) is 9.49. The quantitative estimate of drug-likeness (QED) is 0.648. The number of rotatable bonds is 8. The maximum atomic E-state index is 11.9. The van der Waals surface area contributed by atoms with Crippen LogP contribution < -0.4 is 15.8 Å². The van der Waals surface area contributed by atoms with E-state index in [-0.39, 0.29) is 36.3 Å². The van der Waals surface area contributed by atoms with E-state index >= 15 is 0 Å². The average Bonchev–Trinajstić information content (AvgIpc) is 2.43. The topological polar surface area (TPSA) is 101 Å². The van der Waals surface area contributed by atoms with Crippen LogP contribution in [0.1, 0.15) is 6.42 Å². The van der Waals surface area contributed by atoms with E-state index in [1.54, 1.807) is 23.9 Å². The van der Waals surface area contributed by atoms with Gasteiger partial charge in [-0.15, -0.1) is 12.4 Å². The molecule has 0 aliphatic heterocycles. The normalized spacial score (nSPS) is 10.8. The van der Waals surface area contributed by atoms with E-state index in [4.69, 9.17) is 5.73 Å². The Hall–Kier alpha value is -0.800.